The Hall–Kier alpha value is -2.50. The molecule has 0 aromatic carbocycles. The lowest BCUT2D eigenvalue weighted by molar-refractivity contribution is 0.337. The number of aryl methyl sites for hydroxylation is 1. The molecule has 26 heavy (non-hydrogen) atoms. The van der Waals surface area contributed by atoms with Crippen molar-refractivity contribution in [3.8, 4) is 11.4 Å². The van der Waals surface area contributed by atoms with E-state index in [1.807, 2.05) is 13.0 Å². The minimum atomic E-state index is -0.308. The molecule has 134 valence electrons. The fraction of sp³-hybridized carbons (Fsp3) is 0.450. The second-order valence-electron chi connectivity index (χ2n) is 7.98. The van der Waals surface area contributed by atoms with Crippen LogP contribution in [0.1, 0.15) is 31.7 Å². The number of nitrogens with one attached hydrogen (secondary N) is 2. The molecule has 6 heteroatoms. The number of rotatable bonds is 3. The summed E-state index contributed by atoms with van der Waals surface area (Å²) >= 11 is 0. The molecule has 3 heterocycles. The van der Waals surface area contributed by atoms with E-state index >= 15 is 0 Å². The molecule has 2 N–H and O–H groups in total. The molecule has 0 spiro atoms. The first-order chi connectivity index (χ1) is 12.6. The number of nitrogens with zero attached hydrogens (tertiary/aromatic N) is 3. The van der Waals surface area contributed by atoms with Gasteiger partial charge in [0.1, 0.15) is 0 Å². The van der Waals surface area contributed by atoms with Crippen molar-refractivity contribution in [3.05, 3.63) is 35.9 Å². The molecule has 5 nitrogen and oxygen atoms in total. The number of halogens is 1. The van der Waals surface area contributed by atoms with Gasteiger partial charge >= 0.3 is 0 Å². The number of aromatic amines is 1. The highest BCUT2D eigenvalue weighted by molar-refractivity contribution is 5.90. The topological polar surface area (TPSA) is 66.5 Å². The molecular formula is C20H22FN5. The van der Waals surface area contributed by atoms with Crippen molar-refractivity contribution in [2.24, 2.45) is 17.8 Å². The number of hydrogen-bond acceptors (Lipinski definition) is 4. The van der Waals surface area contributed by atoms with E-state index < -0.39 is 0 Å². The summed E-state index contributed by atoms with van der Waals surface area (Å²) in [4.78, 5) is 8.60. The van der Waals surface area contributed by atoms with Crippen LogP contribution in [0.4, 0.5) is 10.1 Å². The highest BCUT2D eigenvalue weighted by Gasteiger charge is 2.46. The van der Waals surface area contributed by atoms with Gasteiger partial charge in [0.25, 0.3) is 0 Å². The third-order valence-electron chi connectivity index (χ3n) is 5.97. The third-order valence-corrected chi connectivity index (χ3v) is 5.97. The van der Waals surface area contributed by atoms with Gasteiger partial charge in [0.15, 0.2) is 11.5 Å². The van der Waals surface area contributed by atoms with E-state index in [9.17, 15) is 4.39 Å². The van der Waals surface area contributed by atoms with Crippen molar-refractivity contribution in [1.29, 1.82) is 0 Å². The number of anilines is 1. The minimum Gasteiger partial charge on any atom is -0.380 e. The van der Waals surface area contributed by atoms with Crippen LogP contribution in [0.5, 0.6) is 0 Å². The Labute approximate surface area is 151 Å². The Kier molecular flexibility index (Phi) is 3.48. The molecule has 2 aliphatic rings. The molecule has 0 radical (unpaired) electrons. The summed E-state index contributed by atoms with van der Waals surface area (Å²) in [5.74, 6) is 2.14. The van der Waals surface area contributed by atoms with Crippen molar-refractivity contribution in [1.82, 2.24) is 20.2 Å². The Balaban J connectivity index is 1.47. The highest BCUT2D eigenvalue weighted by atomic mass is 19.1. The van der Waals surface area contributed by atoms with E-state index in [0.717, 1.165) is 47.2 Å². The van der Waals surface area contributed by atoms with Crippen LogP contribution in [0.3, 0.4) is 0 Å². The van der Waals surface area contributed by atoms with Crippen molar-refractivity contribution >= 4 is 16.7 Å². The molecule has 2 aliphatic carbocycles. The van der Waals surface area contributed by atoms with Gasteiger partial charge in [0.2, 0.25) is 0 Å². The van der Waals surface area contributed by atoms with Gasteiger partial charge in [0, 0.05) is 17.6 Å². The summed E-state index contributed by atoms with van der Waals surface area (Å²) in [5, 5.41) is 11.6. The van der Waals surface area contributed by atoms with Crippen molar-refractivity contribution in [2.45, 2.75) is 39.2 Å². The van der Waals surface area contributed by atoms with Gasteiger partial charge < -0.3 is 5.32 Å². The molecule has 3 aromatic rings. The first kappa shape index (κ1) is 15.7. The van der Waals surface area contributed by atoms with Crippen LogP contribution in [0.25, 0.3) is 22.4 Å². The molecule has 4 unspecified atom stereocenters. The van der Waals surface area contributed by atoms with Crippen LogP contribution in [0.15, 0.2) is 24.5 Å². The Morgan fingerprint density at radius 1 is 1.15 bits per heavy atom. The fourth-order valence-corrected chi connectivity index (χ4v) is 4.55. The number of pyridine rings is 2. The van der Waals surface area contributed by atoms with E-state index in [1.54, 1.807) is 12.3 Å². The maximum absolute atomic E-state index is 14.4. The van der Waals surface area contributed by atoms with E-state index in [1.165, 1.54) is 12.6 Å². The van der Waals surface area contributed by atoms with Crippen LogP contribution < -0.4 is 5.32 Å². The Bertz CT molecular complexity index is 981. The van der Waals surface area contributed by atoms with Gasteiger partial charge in [0.05, 0.1) is 23.3 Å². The molecule has 5 rings (SSSR count). The predicted octanol–water partition coefficient (Wildman–Crippen LogP) is 4.31. The molecule has 0 aliphatic heterocycles. The molecule has 2 fully saturated rings. The minimum absolute atomic E-state index is 0.308. The maximum Gasteiger partial charge on any atom is 0.181 e. The van der Waals surface area contributed by atoms with E-state index in [0.29, 0.717) is 23.1 Å². The summed E-state index contributed by atoms with van der Waals surface area (Å²) in [6, 6.07) is 4.14. The Morgan fingerprint density at radius 2 is 2.04 bits per heavy atom. The first-order valence-corrected chi connectivity index (χ1v) is 9.31. The molecule has 4 atom stereocenters. The summed E-state index contributed by atoms with van der Waals surface area (Å²) < 4.78 is 14.4. The monoisotopic (exact) mass is 351 g/mol. The van der Waals surface area contributed by atoms with Crippen LogP contribution in [0, 0.1) is 30.5 Å². The molecule has 3 aromatic heterocycles. The molecular weight excluding hydrogens is 329 g/mol. The van der Waals surface area contributed by atoms with Gasteiger partial charge in [-0.2, -0.15) is 5.10 Å². The zero-order chi connectivity index (χ0) is 17.8. The zero-order valence-electron chi connectivity index (χ0n) is 15.0. The zero-order valence-corrected chi connectivity index (χ0v) is 15.0. The normalized spacial score (nSPS) is 27.3. The second-order valence-corrected chi connectivity index (χ2v) is 7.98. The van der Waals surface area contributed by atoms with Crippen molar-refractivity contribution < 1.29 is 4.39 Å². The van der Waals surface area contributed by atoms with Crippen molar-refractivity contribution in [3.63, 3.8) is 0 Å². The van der Waals surface area contributed by atoms with E-state index in [2.05, 4.69) is 32.4 Å². The summed E-state index contributed by atoms with van der Waals surface area (Å²) in [6.45, 7) is 4.31. The van der Waals surface area contributed by atoms with E-state index in [4.69, 9.17) is 0 Å². The standard InChI is InChI=1S/C20H22FN5/c1-10-3-15-19(25-26-20(15)23-8-10)18-7-17(16(21)9-22-18)24-13-4-11(2)14-6-12(14)5-13/h3,7-9,11-14H,4-6H2,1-2H3,(H,22,24)(H,23,25,26). The molecule has 2 saturated carbocycles. The van der Waals surface area contributed by atoms with Gasteiger partial charge in [-0.3, -0.25) is 10.1 Å². The lowest BCUT2D eigenvalue weighted by Crippen LogP contribution is -2.28. The number of fused-ring (bicyclic) bond motifs is 2. The quantitative estimate of drug-likeness (QED) is 0.738. The van der Waals surface area contributed by atoms with Crippen LogP contribution in [-0.4, -0.2) is 26.2 Å². The molecule has 0 saturated heterocycles. The van der Waals surface area contributed by atoms with E-state index in [-0.39, 0.29) is 5.82 Å². The number of H-pyrrole nitrogens is 1. The van der Waals surface area contributed by atoms with Gasteiger partial charge in [-0.25, -0.2) is 9.37 Å². The smallest absolute Gasteiger partial charge is 0.181 e. The van der Waals surface area contributed by atoms with Gasteiger partial charge in [-0.05, 0) is 61.6 Å². The average Bonchev–Trinajstić information content (AvgIpc) is 3.29. The predicted molar refractivity (Wildman–Crippen MR) is 99.2 cm³/mol. The summed E-state index contributed by atoms with van der Waals surface area (Å²) in [7, 11) is 0. The van der Waals surface area contributed by atoms with Crippen LogP contribution in [-0.2, 0) is 0 Å². The number of hydrogen-bond donors (Lipinski definition) is 2. The summed E-state index contributed by atoms with van der Waals surface area (Å²) in [5.41, 5.74) is 3.67. The first-order valence-electron chi connectivity index (χ1n) is 9.31. The number of aromatic nitrogens is 4. The second kappa shape index (κ2) is 5.76. The summed E-state index contributed by atoms with van der Waals surface area (Å²) in [6.07, 6.45) is 6.67. The maximum atomic E-state index is 14.4. The molecule has 0 amide bonds. The molecule has 0 bridgehead atoms. The fourth-order valence-electron chi connectivity index (χ4n) is 4.55. The third kappa shape index (κ3) is 2.64. The highest BCUT2D eigenvalue weighted by Crippen LogP contribution is 2.53. The van der Waals surface area contributed by atoms with Crippen LogP contribution in [0.2, 0.25) is 0 Å². The van der Waals surface area contributed by atoms with Gasteiger partial charge in [-0.1, -0.05) is 6.92 Å². The van der Waals surface area contributed by atoms with Gasteiger partial charge in [-0.15, -0.1) is 0 Å². The SMILES string of the molecule is Cc1cnc2n[nH]c(-c3cc(NC4CC(C)C5CC5C4)c(F)cn3)c2c1. The average molecular weight is 351 g/mol. The lowest BCUT2D eigenvalue weighted by Gasteiger charge is -2.28. The van der Waals surface area contributed by atoms with Crippen molar-refractivity contribution in [2.75, 3.05) is 5.32 Å². The van der Waals surface area contributed by atoms with Crippen LogP contribution >= 0.6 is 0 Å². The lowest BCUT2D eigenvalue weighted by atomic mass is 9.87. The Morgan fingerprint density at radius 3 is 2.88 bits per heavy atom. The largest absolute Gasteiger partial charge is 0.380 e.